The molecule has 1 saturated heterocycles. The van der Waals surface area contributed by atoms with Crippen LogP contribution >= 0.6 is 11.8 Å². The Morgan fingerprint density at radius 3 is 1.89 bits per heavy atom. The minimum Gasteiger partial charge on any atom is -0.508 e. The summed E-state index contributed by atoms with van der Waals surface area (Å²) >= 11 is 1.27. The van der Waals surface area contributed by atoms with Crippen LogP contribution in [0.25, 0.3) is 6.08 Å². The molecule has 1 fully saturated rings. The number of amides is 1. The van der Waals surface area contributed by atoms with Crippen molar-refractivity contribution in [3.63, 3.8) is 0 Å². The monoisotopic (exact) mass is 485 g/mol. The molecule has 1 aliphatic rings. The van der Waals surface area contributed by atoms with Crippen molar-refractivity contribution in [2.24, 2.45) is 10.2 Å². The van der Waals surface area contributed by atoms with Crippen LogP contribution in [0.2, 0.25) is 0 Å². The first-order chi connectivity index (χ1) is 16.8. The number of hydrogen-bond acceptors (Lipinski definition) is 7. The van der Waals surface area contributed by atoms with E-state index in [1.165, 1.54) is 16.7 Å². The van der Waals surface area contributed by atoms with Crippen molar-refractivity contribution in [3.8, 4) is 5.75 Å². The summed E-state index contributed by atoms with van der Waals surface area (Å²) in [5.74, 6) is -0.0656. The third kappa shape index (κ3) is 5.73. The molecule has 4 rings (SSSR count). The highest BCUT2D eigenvalue weighted by Crippen LogP contribution is 2.36. The quantitative estimate of drug-likeness (QED) is 0.301. The summed E-state index contributed by atoms with van der Waals surface area (Å²) in [5, 5.41) is 18.7. The highest BCUT2D eigenvalue weighted by Gasteiger charge is 2.35. The van der Waals surface area contributed by atoms with Crippen molar-refractivity contribution < 1.29 is 9.90 Å². The van der Waals surface area contributed by atoms with Gasteiger partial charge in [-0.3, -0.25) is 9.69 Å². The number of aromatic hydroxyl groups is 1. The SMILES string of the molecule is CN(C)c1ccc(/C=N\N=C2\S/C(=C\c3ccc(N(C)C)cc3)C(=O)N2c2ccc(O)cc2)cc1. The third-order valence-corrected chi connectivity index (χ3v) is 6.34. The van der Waals surface area contributed by atoms with E-state index in [2.05, 4.69) is 10.2 Å². The molecule has 0 spiro atoms. The maximum atomic E-state index is 13.3. The standard InChI is InChI=1S/C27H27N5O2S/c1-30(2)21-9-5-19(6-10-21)17-25-26(34)32(23-13-15-24(33)16-14-23)27(35-25)29-28-18-20-7-11-22(12-8-20)31(3)4/h5-18,33H,1-4H3/b25-17-,28-18-,29-27+. The number of carbonyl (C=O) groups is 1. The highest BCUT2D eigenvalue weighted by molar-refractivity contribution is 8.19. The molecule has 0 unspecified atom stereocenters. The van der Waals surface area contributed by atoms with E-state index >= 15 is 0 Å². The van der Waals surface area contributed by atoms with Crippen LogP contribution in [-0.4, -0.2) is 50.6 Å². The van der Waals surface area contributed by atoms with Crippen molar-refractivity contribution in [2.75, 3.05) is 42.9 Å². The number of nitrogens with zero attached hydrogens (tertiary/aromatic N) is 5. The molecule has 0 bridgehead atoms. The van der Waals surface area contributed by atoms with Crippen LogP contribution in [-0.2, 0) is 4.79 Å². The fraction of sp³-hybridized carbons (Fsp3) is 0.148. The first kappa shape index (κ1) is 24.1. The Balaban J connectivity index is 1.63. The van der Waals surface area contributed by atoms with Crippen molar-refractivity contribution in [2.45, 2.75) is 0 Å². The molecule has 0 radical (unpaired) electrons. The summed E-state index contributed by atoms with van der Waals surface area (Å²) in [6.07, 6.45) is 3.51. The van der Waals surface area contributed by atoms with Gasteiger partial charge in [-0.15, -0.1) is 5.10 Å². The molecule has 0 aromatic heterocycles. The Labute approximate surface area is 209 Å². The first-order valence-corrected chi connectivity index (χ1v) is 11.8. The van der Waals surface area contributed by atoms with Crippen molar-refractivity contribution in [1.29, 1.82) is 0 Å². The number of thioether (sulfide) groups is 1. The number of hydrogen-bond donors (Lipinski definition) is 1. The molecule has 0 saturated carbocycles. The average molecular weight is 486 g/mol. The summed E-state index contributed by atoms with van der Waals surface area (Å²) in [6, 6.07) is 22.4. The lowest BCUT2D eigenvalue weighted by molar-refractivity contribution is -0.113. The van der Waals surface area contributed by atoms with Gasteiger partial charge < -0.3 is 14.9 Å². The van der Waals surface area contributed by atoms with Crippen LogP contribution < -0.4 is 14.7 Å². The van der Waals surface area contributed by atoms with Crippen molar-refractivity contribution in [3.05, 3.63) is 88.8 Å². The maximum Gasteiger partial charge on any atom is 0.271 e. The molecule has 3 aromatic rings. The fourth-order valence-electron chi connectivity index (χ4n) is 3.39. The molecule has 7 nitrogen and oxygen atoms in total. The third-order valence-electron chi connectivity index (χ3n) is 5.38. The summed E-state index contributed by atoms with van der Waals surface area (Å²) in [6.45, 7) is 0. The van der Waals surface area contributed by atoms with Gasteiger partial charge in [-0.2, -0.15) is 5.10 Å². The molecule has 35 heavy (non-hydrogen) atoms. The average Bonchev–Trinajstić information content (AvgIpc) is 3.15. The molecular weight excluding hydrogens is 458 g/mol. The molecule has 0 atom stereocenters. The Kier molecular flexibility index (Phi) is 7.22. The molecule has 1 amide bonds. The van der Waals surface area contributed by atoms with Crippen LogP contribution in [0.5, 0.6) is 5.75 Å². The van der Waals surface area contributed by atoms with E-state index in [-0.39, 0.29) is 11.7 Å². The van der Waals surface area contributed by atoms with Crippen LogP contribution in [0.1, 0.15) is 11.1 Å². The zero-order valence-electron chi connectivity index (χ0n) is 20.1. The Morgan fingerprint density at radius 2 is 1.34 bits per heavy atom. The Hall–Kier alpha value is -4.04. The highest BCUT2D eigenvalue weighted by atomic mass is 32.2. The number of carbonyl (C=O) groups excluding carboxylic acids is 1. The summed E-state index contributed by atoms with van der Waals surface area (Å²) < 4.78 is 0. The second kappa shape index (κ2) is 10.5. The predicted molar refractivity (Wildman–Crippen MR) is 148 cm³/mol. The summed E-state index contributed by atoms with van der Waals surface area (Å²) in [4.78, 5) is 19.4. The minimum absolute atomic E-state index is 0.127. The number of anilines is 3. The molecule has 8 heteroatoms. The lowest BCUT2D eigenvalue weighted by atomic mass is 10.2. The number of rotatable bonds is 6. The van der Waals surface area contributed by atoms with Gasteiger partial charge in [0.25, 0.3) is 5.91 Å². The lowest BCUT2D eigenvalue weighted by Gasteiger charge is -2.14. The smallest absolute Gasteiger partial charge is 0.271 e. The van der Waals surface area contributed by atoms with Gasteiger partial charge in [0.05, 0.1) is 16.8 Å². The van der Waals surface area contributed by atoms with Gasteiger partial charge in [0, 0.05) is 39.6 Å². The lowest BCUT2D eigenvalue weighted by Crippen LogP contribution is -2.28. The van der Waals surface area contributed by atoms with Gasteiger partial charge in [-0.05, 0) is 77.5 Å². The topological polar surface area (TPSA) is 71.7 Å². The molecule has 1 aliphatic heterocycles. The van der Waals surface area contributed by atoms with Gasteiger partial charge in [0.15, 0.2) is 0 Å². The minimum atomic E-state index is -0.193. The van der Waals surface area contributed by atoms with E-state index in [1.807, 2.05) is 92.6 Å². The predicted octanol–water partition coefficient (Wildman–Crippen LogP) is 5.04. The van der Waals surface area contributed by atoms with E-state index in [4.69, 9.17) is 0 Å². The number of phenolic OH excluding ortho intramolecular Hbond substituents is 1. The van der Waals surface area contributed by atoms with E-state index in [0.29, 0.717) is 15.8 Å². The molecule has 3 aromatic carbocycles. The van der Waals surface area contributed by atoms with Gasteiger partial charge in [-0.1, -0.05) is 24.3 Å². The largest absolute Gasteiger partial charge is 0.508 e. The number of phenols is 1. The van der Waals surface area contributed by atoms with Gasteiger partial charge in [0.1, 0.15) is 5.75 Å². The zero-order valence-corrected chi connectivity index (χ0v) is 20.9. The van der Waals surface area contributed by atoms with E-state index in [1.54, 1.807) is 30.5 Å². The normalized spacial score (nSPS) is 16.0. The van der Waals surface area contributed by atoms with Crippen molar-refractivity contribution in [1.82, 2.24) is 0 Å². The van der Waals surface area contributed by atoms with E-state index < -0.39 is 0 Å². The second-order valence-electron chi connectivity index (χ2n) is 8.37. The molecule has 0 aliphatic carbocycles. The molecule has 1 N–H and O–H groups in total. The van der Waals surface area contributed by atoms with E-state index in [0.717, 1.165) is 22.5 Å². The fourth-order valence-corrected chi connectivity index (χ4v) is 4.33. The van der Waals surface area contributed by atoms with E-state index in [9.17, 15) is 9.90 Å². The van der Waals surface area contributed by atoms with Crippen LogP contribution in [0.3, 0.4) is 0 Å². The molecule has 178 valence electrons. The van der Waals surface area contributed by atoms with Crippen LogP contribution in [0.15, 0.2) is 87.9 Å². The Bertz CT molecular complexity index is 1280. The summed E-state index contributed by atoms with van der Waals surface area (Å²) in [5.41, 5.74) is 4.61. The van der Waals surface area contributed by atoms with Crippen LogP contribution in [0.4, 0.5) is 17.1 Å². The first-order valence-electron chi connectivity index (χ1n) is 11.0. The van der Waals surface area contributed by atoms with Crippen molar-refractivity contribution >= 4 is 52.2 Å². The molecule has 1 heterocycles. The molecular formula is C27H27N5O2S. The van der Waals surface area contributed by atoms with Crippen LogP contribution in [0, 0.1) is 0 Å². The zero-order chi connectivity index (χ0) is 24.9. The Morgan fingerprint density at radius 1 is 0.800 bits per heavy atom. The number of benzene rings is 3. The van der Waals surface area contributed by atoms with Gasteiger partial charge in [0.2, 0.25) is 5.17 Å². The maximum absolute atomic E-state index is 13.3. The second-order valence-corrected chi connectivity index (χ2v) is 9.38. The summed E-state index contributed by atoms with van der Waals surface area (Å²) in [7, 11) is 7.95. The van der Waals surface area contributed by atoms with Gasteiger partial charge in [-0.25, -0.2) is 0 Å². The van der Waals surface area contributed by atoms with Gasteiger partial charge >= 0.3 is 0 Å². The number of amidine groups is 1.